The third-order valence-electron chi connectivity index (χ3n) is 6.52. The van der Waals surface area contributed by atoms with E-state index in [1.165, 1.54) is 33.3 Å². The molecule has 5 heteroatoms. The van der Waals surface area contributed by atoms with Crippen LogP contribution in [0, 0.1) is 6.92 Å². The number of pyridine rings is 1. The molecular formula is C29H31N2O3+. The van der Waals surface area contributed by atoms with Gasteiger partial charge in [0, 0.05) is 19.0 Å². The van der Waals surface area contributed by atoms with Gasteiger partial charge in [-0.3, -0.25) is 0 Å². The van der Waals surface area contributed by atoms with Crippen LogP contribution in [-0.4, -0.2) is 20.8 Å². The molecule has 1 aliphatic heterocycles. The first-order valence-electron chi connectivity index (χ1n) is 11.8. The fourth-order valence-electron chi connectivity index (χ4n) is 4.72. The van der Waals surface area contributed by atoms with Crippen LogP contribution in [0.25, 0.3) is 22.0 Å². The van der Waals surface area contributed by atoms with Crippen LogP contribution in [0.4, 0.5) is 5.69 Å². The van der Waals surface area contributed by atoms with E-state index in [-0.39, 0.29) is 0 Å². The number of aromatic nitrogens is 1. The smallest absolute Gasteiger partial charge is 0.213 e. The minimum absolute atomic E-state index is 0.616. The molecule has 174 valence electrons. The molecule has 4 aromatic rings. The minimum atomic E-state index is 0.616. The van der Waals surface area contributed by atoms with Gasteiger partial charge in [0.25, 0.3) is 0 Å². The molecular weight excluding hydrogens is 424 g/mol. The number of methoxy groups -OCH3 is 2. The summed E-state index contributed by atoms with van der Waals surface area (Å²) in [6.45, 7) is 6.36. The van der Waals surface area contributed by atoms with Crippen LogP contribution in [0.1, 0.15) is 23.6 Å². The second kappa shape index (κ2) is 9.26. The van der Waals surface area contributed by atoms with Crippen molar-refractivity contribution >= 4 is 16.5 Å². The third kappa shape index (κ3) is 4.03. The first-order chi connectivity index (χ1) is 16.6. The lowest BCUT2D eigenvalue weighted by atomic mass is 9.95. The maximum Gasteiger partial charge on any atom is 0.213 e. The minimum Gasteiger partial charge on any atom is -0.495 e. The number of nitrogens with one attached hydrogen (secondary N) is 1. The number of ether oxygens (including phenoxy) is 3. The topological polar surface area (TPSA) is 43.6 Å². The normalized spacial score (nSPS) is 12.1. The third-order valence-corrected chi connectivity index (χ3v) is 6.52. The van der Waals surface area contributed by atoms with Crippen LogP contribution in [0.15, 0.2) is 60.8 Å². The number of aryl methyl sites for hydroxylation is 3. The fraction of sp³-hybridized carbons (Fsp3) is 0.276. The Bertz CT molecular complexity index is 1350. The quantitative estimate of drug-likeness (QED) is 0.364. The van der Waals surface area contributed by atoms with Gasteiger partial charge in [-0.15, -0.1) is 0 Å². The molecule has 1 aromatic heterocycles. The number of hydrogen-bond acceptors (Lipinski definition) is 4. The lowest BCUT2D eigenvalue weighted by molar-refractivity contribution is -0.686. The van der Waals surface area contributed by atoms with Gasteiger partial charge in [0.15, 0.2) is 24.2 Å². The van der Waals surface area contributed by atoms with Crippen LogP contribution >= 0.6 is 0 Å². The summed E-state index contributed by atoms with van der Waals surface area (Å²) in [5, 5.41) is 5.95. The van der Waals surface area contributed by atoms with Crippen LogP contribution in [0.5, 0.6) is 17.2 Å². The van der Waals surface area contributed by atoms with Gasteiger partial charge in [0.05, 0.1) is 37.5 Å². The highest BCUT2D eigenvalue weighted by Crippen LogP contribution is 2.39. The summed E-state index contributed by atoms with van der Waals surface area (Å²) in [4.78, 5) is 0. The van der Waals surface area contributed by atoms with Gasteiger partial charge in [0.2, 0.25) is 5.69 Å². The average Bonchev–Trinajstić information content (AvgIpc) is 2.86. The van der Waals surface area contributed by atoms with Gasteiger partial charge in [-0.25, -0.2) is 0 Å². The molecule has 34 heavy (non-hydrogen) atoms. The van der Waals surface area contributed by atoms with Crippen molar-refractivity contribution in [2.24, 2.45) is 0 Å². The average molecular weight is 456 g/mol. The molecule has 0 fully saturated rings. The number of fused-ring (bicyclic) bond motifs is 4. The predicted octanol–water partition coefficient (Wildman–Crippen LogP) is 5.69. The standard InChI is InChI=1S/C29H30N2O3/c1-5-34-28-15-22-12-13-31-18-24-21(14-25(31)23(22)16-27(28)33-4)10-11-26(32-3)29(24)30-17-20-8-6-19(2)7-9-20/h6-11,14-16,18H,5,12-13,17H2,1-4H3/p+1. The van der Waals surface area contributed by atoms with Crippen molar-refractivity contribution in [2.75, 3.05) is 26.1 Å². The van der Waals surface area contributed by atoms with Crippen LogP contribution in [-0.2, 0) is 19.5 Å². The Morgan fingerprint density at radius 1 is 0.912 bits per heavy atom. The summed E-state index contributed by atoms with van der Waals surface area (Å²) < 4.78 is 19.5. The Balaban J connectivity index is 1.58. The van der Waals surface area contributed by atoms with Crippen LogP contribution in [0.2, 0.25) is 0 Å². The highest BCUT2D eigenvalue weighted by atomic mass is 16.5. The second-order valence-corrected chi connectivity index (χ2v) is 8.68. The van der Waals surface area contributed by atoms with Gasteiger partial charge in [-0.2, -0.15) is 4.57 Å². The zero-order valence-corrected chi connectivity index (χ0v) is 20.3. The van der Waals surface area contributed by atoms with E-state index in [0.29, 0.717) is 6.61 Å². The summed E-state index contributed by atoms with van der Waals surface area (Å²) in [5.74, 6) is 2.43. The van der Waals surface area contributed by atoms with E-state index in [9.17, 15) is 0 Å². The van der Waals surface area contributed by atoms with Crippen molar-refractivity contribution in [3.63, 3.8) is 0 Å². The molecule has 2 heterocycles. The lowest BCUT2D eigenvalue weighted by Gasteiger charge is -2.20. The van der Waals surface area contributed by atoms with E-state index in [1.807, 2.05) is 13.0 Å². The number of anilines is 1. The molecule has 0 saturated carbocycles. The Morgan fingerprint density at radius 3 is 2.44 bits per heavy atom. The zero-order valence-electron chi connectivity index (χ0n) is 20.3. The number of benzene rings is 3. The first kappa shape index (κ1) is 22.1. The first-order valence-corrected chi connectivity index (χ1v) is 11.8. The Labute approximate surface area is 200 Å². The van der Waals surface area contributed by atoms with Gasteiger partial charge >= 0.3 is 0 Å². The highest BCUT2D eigenvalue weighted by molar-refractivity contribution is 5.97. The molecule has 0 aliphatic carbocycles. The van der Waals surface area contributed by atoms with Crippen LogP contribution < -0.4 is 24.1 Å². The highest BCUT2D eigenvalue weighted by Gasteiger charge is 2.27. The molecule has 5 nitrogen and oxygen atoms in total. The Kier molecular flexibility index (Phi) is 6.01. The second-order valence-electron chi connectivity index (χ2n) is 8.68. The Hall–Kier alpha value is -3.73. The monoisotopic (exact) mass is 455 g/mol. The largest absolute Gasteiger partial charge is 0.495 e. The summed E-state index contributed by atoms with van der Waals surface area (Å²) in [6, 6.07) is 19.3. The maximum atomic E-state index is 5.81. The van der Waals surface area contributed by atoms with Crippen molar-refractivity contribution in [3.05, 3.63) is 77.5 Å². The zero-order chi connectivity index (χ0) is 23.7. The fourth-order valence-corrected chi connectivity index (χ4v) is 4.72. The SMILES string of the molecule is CCOc1cc2c(cc1OC)-c1cc3ccc(OC)c(NCc4ccc(C)cc4)c3c[n+]1CC2. The molecule has 1 N–H and O–H groups in total. The summed E-state index contributed by atoms with van der Waals surface area (Å²) in [7, 11) is 3.42. The molecule has 1 aliphatic rings. The molecule has 0 amide bonds. The van der Waals surface area contributed by atoms with Crippen molar-refractivity contribution in [2.45, 2.75) is 33.4 Å². The van der Waals surface area contributed by atoms with E-state index in [4.69, 9.17) is 14.2 Å². The lowest BCUT2D eigenvalue weighted by Crippen LogP contribution is -2.40. The van der Waals surface area contributed by atoms with Crippen molar-refractivity contribution in [1.29, 1.82) is 0 Å². The van der Waals surface area contributed by atoms with Crippen molar-refractivity contribution in [3.8, 4) is 28.5 Å². The van der Waals surface area contributed by atoms with Gasteiger partial charge in [-0.05, 0) is 48.6 Å². The molecule has 0 bridgehead atoms. The maximum absolute atomic E-state index is 5.81. The number of rotatable bonds is 7. The molecule has 5 rings (SSSR count). The van der Waals surface area contributed by atoms with E-state index in [1.54, 1.807) is 14.2 Å². The molecule has 0 saturated heterocycles. The van der Waals surface area contributed by atoms with Crippen LogP contribution in [0.3, 0.4) is 0 Å². The Morgan fingerprint density at radius 2 is 1.71 bits per heavy atom. The van der Waals surface area contributed by atoms with Gasteiger partial charge in [-0.1, -0.05) is 35.9 Å². The molecule has 0 radical (unpaired) electrons. The van der Waals surface area contributed by atoms with E-state index in [2.05, 4.69) is 71.5 Å². The molecule has 0 unspecified atom stereocenters. The van der Waals surface area contributed by atoms with Gasteiger partial charge in [0.1, 0.15) is 5.75 Å². The molecule has 0 spiro atoms. The van der Waals surface area contributed by atoms with Gasteiger partial charge < -0.3 is 19.5 Å². The van der Waals surface area contributed by atoms with Crippen molar-refractivity contribution in [1.82, 2.24) is 0 Å². The summed E-state index contributed by atoms with van der Waals surface area (Å²) in [6.07, 6.45) is 3.19. The number of nitrogens with zero attached hydrogens (tertiary/aromatic N) is 1. The van der Waals surface area contributed by atoms with Crippen molar-refractivity contribution < 1.29 is 18.8 Å². The summed E-state index contributed by atoms with van der Waals surface area (Å²) >= 11 is 0. The summed E-state index contributed by atoms with van der Waals surface area (Å²) in [5.41, 5.74) is 7.19. The molecule has 3 aromatic carbocycles. The number of hydrogen-bond donors (Lipinski definition) is 1. The predicted molar refractivity (Wildman–Crippen MR) is 136 cm³/mol. The van der Waals surface area contributed by atoms with E-state index >= 15 is 0 Å². The van der Waals surface area contributed by atoms with E-state index < -0.39 is 0 Å². The molecule has 0 atom stereocenters. The van der Waals surface area contributed by atoms with E-state index in [0.717, 1.165) is 47.8 Å².